The van der Waals surface area contributed by atoms with Crippen molar-refractivity contribution in [3.8, 4) is 11.1 Å². The Morgan fingerprint density at radius 3 is 1.29 bits per heavy atom. The van der Waals surface area contributed by atoms with E-state index in [1.807, 2.05) is 0 Å². The molecule has 4 aliphatic heterocycles. The van der Waals surface area contributed by atoms with Crippen LogP contribution in [0.25, 0.3) is 120 Å². The minimum Gasteiger partial charge on any atom is -0.456 e. The molecule has 4 aliphatic rings. The van der Waals surface area contributed by atoms with E-state index in [2.05, 4.69) is 233 Å². The fourth-order valence-corrected chi connectivity index (χ4v) is 19.7. The SMILES string of the molecule is S=P12c3c4cccc3N(c3ccc5oc6cc7ccccc7cc6c5c3)c3cc5cccc6c5c(c31)N(c1cccc(c12)N4c1ccc2oc3cc4ccccc4cc3c2c1)c1ccc2oc3cc4ccccc4cc3c2c1-6. The molecule has 360 valence electrons. The molecule has 6 nitrogen and oxygen atoms in total. The Balaban J connectivity index is 0.921. The van der Waals surface area contributed by atoms with Crippen molar-refractivity contribution in [2.24, 2.45) is 0 Å². The van der Waals surface area contributed by atoms with E-state index in [1.165, 1.54) is 54.3 Å². The molecule has 7 heterocycles. The average Bonchev–Trinajstić information content (AvgIpc) is 1.65. The van der Waals surface area contributed by atoms with Gasteiger partial charge in [0.05, 0.1) is 45.8 Å². The summed E-state index contributed by atoms with van der Waals surface area (Å²) < 4.78 is 20.2. The van der Waals surface area contributed by atoms with Crippen LogP contribution in [0.4, 0.5) is 51.2 Å². The van der Waals surface area contributed by atoms with Gasteiger partial charge in [-0.2, -0.15) is 0 Å². The molecule has 0 saturated carbocycles. The zero-order valence-corrected chi connectivity index (χ0v) is 42.9. The molecule has 0 spiro atoms. The lowest BCUT2D eigenvalue weighted by Crippen LogP contribution is -2.48. The summed E-state index contributed by atoms with van der Waals surface area (Å²) in [4.78, 5) is 7.58. The van der Waals surface area contributed by atoms with Crippen molar-refractivity contribution in [1.29, 1.82) is 0 Å². The molecular weight excluding hydrogens is 994 g/mol. The lowest BCUT2D eigenvalue weighted by Gasteiger charge is -2.52. The summed E-state index contributed by atoms with van der Waals surface area (Å²) in [7, 11) is 0. The van der Waals surface area contributed by atoms with Gasteiger partial charge in [-0.3, -0.25) is 0 Å². The molecule has 3 aromatic heterocycles. The van der Waals surface area contributed by atoms with E-state index in [4.69, 9.17) is 25.1 Å². The van der Waals surface area contributed by atoms with Crippen molar-refractivity contribution in [2.45, 2.75) is 0 Å². The minimum atomic E-state index is -2.90. The van der Waals surface area contributed by atoms with Gasteiger partial charge in [0.1, 0.15) is 33.5 Å². The monoisotopic (exact) mass is 1030 g/mol. The number of hydrogen-bond donors (Lipinski definition) is 0. The van der Waals surface area contributed by atoms with E-state index < -0.39 is 6.04 Å². The predicted molar refractivity (Wildman–Crippen MR) is 328 cm³/mol. The summed E-state index contributed by atoms with van der Waals surface area (Å²) in [6.45, 7) is 0. The van der Waals surface area contributed by atoms with Gasteiger partial charge in [0.15, 0.2) is 0 Å². The van der Waals surface area contributed by atoms with Crippen LogP contribution in [0.5, 0.6) is 0 Å². The van der Waals surface area contributed by atoms with Gasteiger partial charge in [-0.15, -0.1) is 0 Å². The highest BCUT2D eigenvalue weighted by Crippen LogP contribution is 2.70. The van der Waals surface area contributed by atoms with Crippen molar-refractivity contribution < 1.29 is 13.3 Å². The number of benzene rings is 13. The van der Waals surface area contributed by atoms with Crippen LogP contribution >= 0.6 is 6.04 Å². The smallest absolute Gasteiger partial charge is 0.136 e. The first-order valence-electron chi connectivity index (χ1n) is 26.5. The third-order valence-corrected chi connectivity index (χ3v) is 22.5. The second kappa shape index (κ2) is 13.8. The highest BCUT2D eigenvalue weighted by molar-refractivity contribution is 8.26. The van der Waals surface area contributed by atoms with Crippen LogP contribution < -0.4 is 30.6 Å². The first-order valence-corrected chi connectivity index (χ1v) is 29.3. The molecule has 8 heteroatoms. The van der Waals surface area contributed by atoms with E-state index in [0.29, 0.717) is 0 Å². The van der Waals surface area contributed by atoms with Crippen molar-refractivity contribution in [3.05, 3.63) is 218 Å². The van der Waals surface area contributed by atoms with Gasteiger partial charge in [0, 0.05) is 70.6 Å². The summed E-state index contributed by atoms with van der Waals surface area (Å²) in [6.07, 6.45) is 0. The number of anilines is 9. The number of furan rings is 3. The van der Waals surface area contributed by atoms with Crippen LogP contribution in [0.3, 0.4) is 0 Å². The number of nitrogens with zero attached hydrogens (tertiary/aromatic N) is 3. The zero-order chi connectivity index (χ0) is 50.4. The van der Waals surface area contributed by atoms with Crippen molar-refractivity contribution in [3.63, 3.8) is 0 Å². The van der Waals surface area contributed by atoms with Gasteiger partial charge in [0.2, 0.25) is 0 Å². The number of rotatable bonds is 2. The van der Waals surface area contributed by atoms with Crippen LogP contribution in [-0.4, -0.2) is 0 Å². The fraction of sp³-hybridized carbons (Fsp3) is 0. The maximum atomic E-state index is 7.77. The standard InChI is InChI=1S/C70H36N3O3PS/c78-77-68-53-18-8-20-55(68)72(45-23-26-59-50(36-45)48-29-38-11-2-5-14-41(38)33-62(48)75-59)57-31-43-16-7-17-46-64(43)67(70(57)77)73(52-24-27-60-66(65(46)52)51-30-39-12-3-6-15-42(39)34-63(51)76-60)56-21-9-19-54(69(56)77)71(53)44-22-25-58-49(35-44)47-28-37-10-1-4-13-40(37)32-61(47)74-58/h1-36H. The normalized spacial score (nSPS) is 15.7. The van der Waals surface area contributed by atoms with Crippen LogP contribution in [0.1, 0.15) is 0 Å². The van der Waals surface area contributed by atoms with E-state index in [0.717, 1.165) is 133 Å². The zero-order valence-electron chi connectivity index (χ0n) is 41.2. The lowest BCUT2D eigenvalue weighted by atomic mass is 9.87. The second-order valence-electron chi connectivity index (χ2n) is 21.5. The Hall–Kier alpha value is -9.65. The molecule has 1 atom stereocenters. The Labute approximate surface area is 448 Å². The van der Waals surface area contributed by atoms with Crippen molar-refractivity contribution >= 4 is 194 Å². The van der Waals surface area contributed by atoms with Crippen LogP contribution in [0.2, 0.25) is 0 Å². The molecule has 0 N–H and O–H groups in total. The minimum absolute atomic E-state index is 0.856. The third kappa shape index (κ3) is 4.82. The molecule has 0 aliphatic carbocycles. The van der Waals surface area contributed by atoms with E-state index in [-0.39, 0.29) is 0 Å². The molecule has 13 aromatic carbocycles. The molecule has 78 heavy (non-hydrogen) atoms. The molecule has 1 unspecified atom stereocenters. The second-order valence-corrected chi connectivity index (χ2v) is 25.7. The first kappa shape index (κ1) is 40.6. The molecule has 20 rings (SSSR count). The molecule has 0 bridgehead atoms. The molecule has 0 amide bonds. The summed E-state index contributed by atoms with van der Waals surface area (Å²) in [5, 5.41) is 19.6. The summed E-state index contributed by atoms with van der Waals surface area (Å²) in [5.74, 6) is 0. The van der Waals surface area contributed by atoms with E-state index in [1.54, 1.807) is 0 Å². The van der Waals surface area contributed by atoms with Gasteiger partial charge >= 0.3 is 0 Å². The highest BCUT2D eigenvalue weighted by Gasteiger charge is 2.53. The summed E-state index contributed by atoms with van der Waals surface area (Å²) >= 11 is 7.77. The largest absolute Gasteiger partial charge is 0.456 e. The van der Waals surface area contributed by atoms with Crippen molar-refractivity contribution in [2.75, 3.05) is 14.7 Å². The van der Waals surface area contributed by atoms with Gasteiger partial charge in [-0.1, -0.05) is 115 Å². The van der Waals surface area contributed by atoms with E-state index in [9.17, 15) is 0 Å². The topological polar surface area (TPSA) is 49.1 Å². The average molecular weight is 1030 g/mol. The van der Waals surface area contributed by atoms with Crippen LogP contribution in [0, 0.1) is 0 Å². The Kier molecular flexibility index (Phi) is 7.21. The van der Waals surface area contributed by atoms with Gasteiger partial charge in [-0.05, 0) is 159 Å². The van der Waals surface area contributed by atoms with Crippen LogP contribution in [0.15, 0.2) is 232 Å². The molecular formula is C70H36N3O3PS. The molecule has 0 radical (unpaired) electrons. The van der Waals surface area contributed by atoms with Gasteiger partial charge < -0.3 is 28.0 Å². The maximum Gasteiger partial charge on any atom is 0.136 e. The molecule has 0 saturated heterocycles. The Morgan fingerprint density at radius 1 is 0.295 bits per heavy atom. The highest BCUT2D eigenvalue weighted by atomic mass is 32.4. The number of hydrogen-bond acceptors (Lipinski definition) is 7. The quantitative estimate of drug-likeness (QED) is 0.160. The van der Waals surface area contributed by atoms with Gasteiger partial charge in [0.25, 0.3) is 0 Å². The Bertz CT molecular complexity index is 5610. The predicted octanol–water partition coefficient (Wildman–Crippen LogP) is 19.1. The maximum absolute atomic E-state index is 7.77. The van der Waals surface area contributed by atoms with E-state index >= 15 is 0 Å². The fourth-order valence-electron chi connectivity index (χ4n) is 14.4. The van der Waals surface area contributed by atoms with Crippen LogP contribution in [-0.2, 0) is 11.8 Å². The Morgan fingerprint density at radius 2 is 0.731 bits per heavy atom. The van der Waals surface area contributed by atoms with Crippen molar-refractivity contribution in [1.82, 2.24) is 0 Å². The number of fused-ring (bicyclic) bond motifs is 17. The summed E-state index contributed by atoms with van der Waals surface area (Å²) in [5.41, 5.74) is 17.5. The molecule has 0 fully saturated rings. The summed E-state index contributed by atoms with van der Waals surface area (Å²) in [6, 6.07) is 77.1. The first-order chi connectivity index (χ1) is 38.5. The third-order valence-electron chi connectivity index (χ3n) is 17.6. The van der Waals surface area contributed by atoms with Gasteiger partial charge in [-0.25, -0.2) is 0 Å². The lowest BCUT2D eigenvalue weighted by molar-refractivity contribution is 0.669. The molecule has 16 aromatic rings.